The fourth-order valence-corrected chi connectivity index (χ4v) is 1.18. The van der Waals surface area contributed by atoms with Crippen LogP contribution in [0.1, 0.15) is 10.4 Å². The maximum Gasteiger partial charge on any atom is 0.191 e. The van der Waals surface area contributed by atoms with E-state index in [1.54, 1.807) is 12.3 Å². The number of aromatic nitrogens is 1. The Kier molecular flexibility index (Phi) is 4.53. The first-order chi connectivity index (χ1) is 7.09. The summed E-state index contributed by atoms with van der Waals surface area (Å²) in [5.74, 6) is -0.0861. The molecule has 0 aromatic carbocycles. The Bertz CT molecular complexity index is 420. The molecular weight excluding hydrogens is 233 g/mol. The zero-order valence-electron chi connectivity index (χ0n) is 8.15. The van der Waals surface area contributed by atoms with Crippen LogP contribution in [0.4, 0.5) is 0 Å². The van der Waals surface area contributed by atoms with Crippen molar-refractivity contribution in [2.75, 3.05) is 0 Å². The normalized spacial score (nSPS) is 10.3. The molecule has 0 N–H and O–H groups in total. The van der Waals surface area contributed by atoms with Gasteiger partial charge in [0.25, 0.3) is 0 Å². The maximum absolute atomic E-state index is 11.6. The number of hydrogen-bond donors (Lipinski definition) is 0. The summed E-state index contributed by atoms with van der Waals surface area (Å²) in [6.07, 6.45) is 7.99. The second-order valence-electron chi connectivity index (χ2n) is 2.94. The van der Waals surface area contributed by atoms with Gasteiger partial charge in [-0.15, -0.1) is 0 Å². The van der Waals surface area contributed by atoms with E-state index in [9.17, 15) is 4.79 Å². The first-order valence-corrected chi connectivity index (χ1v) is 5.04. The van der Waals surface area contributed by atoms with Crippen LogP contribution in [0, 0.1) is 0 Å². The molecule has 0 aliphatic carbocycles. The summed E-state index contributed by atoms with van der Waals surface area (Å²) in [5, 5.41) is 0. The van der Waals surface area contributed by atoms with Crippen LogP contribution < -0.4 is 4.57 Å². The summed E-state index contributed by atoms with van der Waals surface area (Å²) in [7, 11) is 1.86. The molecule has 1 rings (SSSR count). The highest BCUT2D eigenvalue weighted by atomic mass is 35.5. The molecule has 15 heavy (non-hydrogen) atoms. The van der Waals surface area contributed by atoms with Crippen molar-refractivity contribution < 1.29 is 9.36 Å². The van der Waals surface area contributed by atoms with E-state index < -0.39 is 0 Å². The van der Waals surface area contributed by atoms with E-state index in [2.05, 4.69) is 0 Å². The van der Waals surface area contributed by atoms with Crippen molar-refractivity contribution >= 4 is 29.0 Å². The van der Waals surface area contributed by atoms with Gasteiger partial charge < -0.3 is 0 Å². The first kappa shape index (κ1) is 12.0. The van der Waals surface area contributed by atoms with E-state index in [0.717, 1.165) is 0 Å². The van der Waals surface area contributed by atoms with Crippen LogP contribution in [0.2, 0.25) is 0 Å². The number of hydrogen-bond acceptors (Lipinski definition) is 1. The molecule has 0 saturated carbocycles. The van der Waals surface area contributed by atoms with E-state index in [0.29, 0.717) is 5.56 Å². The van der Waals surface area contributed by atoms with Crippen LogP contribution in [-0.4, -0.2) is 5.78 Å². The van der Waals surface area contributed by atoms with Crippen LogP contribution in [0.25, 0.3) is 0 Å². The number of allylic oxidation sites excluding steroid dienone is 3. The second-order valence-corrected chi connectivity index (χ2v) is 3.95. The van der Waals surface area contributed by atoms with Crippen molar-refractivity contribution in [2.45, 2.75) is 0 Å². The Balaban J connectivity index is 2.78. The predicted molar refractivity (Wildman–Crippen MR) is 60.9 cm³/mol. The van der Waals surface area contributed by atoms with Gasteiger partial charge in [-0.2, -0.15) is 0 Å². The highest BCUT2D eigenvalue weighted by molar-refractivity contribution is 6.56. The average Bonchev–Trinajstić information content (AvgIpc) is 2.17. The number of carbonyl (C=O) groups excluding carboxylic acids is 1. The van der Waals surface area contributed by atoms with Crippen LogP contribution >= 0.6 is 23.2 Å². The SMILES string of the molecule is C[n+]1cccc(C(=O)/C=C/C=C(Cl)Cl)c1. The summed E-state index contributed by atoms with van der Waals surface area (Å²) < 4.78 is 1.93. The van der Waals surface area contributed by atoms with Gasteiger partial charge in [0.05, 0.1) is 5.56 Å². The van der Waals surface area contributed by atoms with Gasteiger partial charge in [-0.3, -0.25) is 4.79 Å². The third-order valence-electron chi connectivity index (χ3n) is 1.69. The van der Waals surface area contributed by atoms with E-state index in [1.807, 2.05) is 23.9 Å². The van der Waals surface area contributed by atoms with Crippen LogP contribution in [0.3, 0.4) is 0 Å². The van der Waals surface area contributed by atoms with Crippen molar-refractivity contribution in [3.63, 3.8) is 0 Å². The van der Waals surface area contributed by atoms with Crippen molar-refractivity contribution in [1.29, 1.82) is 0 Å². The standard InChI is InChI=1S/C11H10Cl2NO/c1-14-7-3-4-9(8-14)10(15)5-2-6-11(12)13/h2-8H,1H3/q+1/b5-2+. The molecule has 0 saturated heterocycles. The summed E-state index contributed by atoms with van der Waals surface area (Å²) in [4.78, 5) is 11.6. The molecule has 0 bridgehead atoms. The van der Waals surface area contributed by atoms with Crippen molar-refractivity contribution in [2.24, 2.45) is 7.05 Å². The third-order valence-corrected chi connectivity index (χ3v) is 1.95. The number of aryl methyl sites for hydroxylation is 1. The molecule has 0 radical (unpaired) electrons. The number of pyridine rings is 1. The minimum atomic E-state index is -0.0861. The predicted octanol–water partition coefficient (Wildman–Crippen LogP) is 2.57. The van der Waals surface area contributed by atoms with Crippen molar-refractivity contribution in [3.05, 3.63) is 52.8 Å². The maximum atomic E-state index is 11.6. The summed E-state index contributed by atoms with van der Waals surface area (Å²) in [6, 6.07) is 3.56. The monoisotopic (exact) mass is 242 g/mol. The Morgan fingerprint density at radius 1 is 1.47 bits per heavy atom. The molecule has 0 spiro atoms. The lowest BCUT2D eigenvalue weighted by Gasteiger charge is -1.92. The number of nitrogens with zero attached hydrogens (tertiary/aromatic N) is 1. The molecule has 2 nitrogen and oxygen atoms in total. The van der Waals surface area contributed by atoms with Gasteiger partial charge in [0.15, 0.2) is 18.2 Å². The molecular formula is C11H10Cl2NO+. The zero-order valence-corrected chi connectivity index (χ0v) is 9.66. The fourth-order valence-electron chi connectivity index (χ4n) is 1.04. The zero-order chi connectivity index (χ0) is 11.3. The lowest BCUT2D eigenvalue weighted by molar-refractivity contribution is -0.671. The number of halogens is 2. The van der Waals surface area contributed by atoms with Gasteiger partial charge in [-0.1, -0.05) is 29.3 Å². The molecule has 78 valence electrons. The van der Waals surface area contributed by atoms with Crippen molar-refractivity contribution in [3.8, 4) is 0 Å². The van der Waals surface area contributed by atoms with E-state index in [4.69, 9.17) is 23.2 Å². The average molecular weight is 243 g/mol. The number of rotatable bonds is 3. The van der Waals surface area contributed by atoms with Gasteiger partial charge in [0, 0.05) is 6.07 Å². The smallest absolute Gasteiger partial charge is 0.191 e. The van der Waals surface area contributed by atoms with Crippen LogP contribution in [0.15, 0.2) is 47.2 Å². The van der Waals surface area contributed by atoms with Crippen molar-refractivity contribution in [1.82, 2.24) is 0 Å². The van der Waals surface area contributed by atoms with E-state index >= 15 is 0 Å². The molecule has 0 unspecified atom stereocenters. The molecule has 0 atom stereocenters. The topological polar surface area (TPSA) is 20.9 Å². The van der Waals surface area contributed by atoms with Crippen LogP contribution in [-0.2, 0) is 7.05 Å². The third kappa shape index (κ3) is 4.28. The summed E-state index contributed by atoms with van der Waals surface area (Å²) >= 11 is 10.8. The van der Waals surface area contributed by atoms with Gasteiger partial charge in [-0.05, 0) is 18.2 Å². The summed E-state index contributed by atoms with van der Waals surface area (Å²) in [5.41, 5.74) is 0.621. The van der Waals surface area contributed by atoms with Gasteiger partial charge in [0.2, 0.25) is 0 Å². The minimum Gasteiger partial charge on any atom is -0.289 e. The fraction of sp³-hybridized carbons (Fsp3) is 0.0909. The molecule has 0 aliphatic rings. The second kappa shape index (κ2) is 5.69. The summed E-state index contributed by atoms with van der Waals surface area (Å²) in [6.45, 7) is 0. The molecule has 1 heterocycles. The van der Waals surface area contributed by atoms with Crippen LogP contribution in [0.5, 0.6) is 0 Å². The quantitative estimate of drug-likeness (QED) is 0.346. The Labute approximate surface area is 98.4 Å². The van der Waals surface area contributed by atoms with E-state index in [-0.39, 0.29) is 10.3 Å². The Hall–Kier alpha value is -1.12. The molecule has 1 aromatic rings. The van der Waals surface area contributed by atoms with E-state index in [1.165, 1.54) is 18.2 Å². The highest BCUT2D eigenvalue weighted by Gasteiger charge is 2.04. The lowest BCUT2D eigenvalue weighted by atomic mass is 10.2. The minimum absolute atomic E-state index is 0.0861. The Morgan fingerprint density at radius 2 is 2.20 bits per heavy atom. The van der Waals surface area contributed by atoms with Gasteiger partial charge in [0.1, 0.15) is 11.5 Å². The van der Waals surface area contributed by atoms with Gasteiger partial charge in [-0.25, -0.2) is 4.57 Å². The molecule has 0 aliphatic heterocycles. The van der Waals surface area contributed by atoms with Gasteiger partial charge >= 0.3 is 0 Å². The Morgan fingerprint density at radius 3 is 2.80 bits per heavy atom. The lowest BCUT2D eigenvalue weighted by Crippen LogP contribution is -2.27. The first-order valence-electron chi connectivity index (χ1n) is 4.28. The molecule has 0 fully saturated rings. The molecule has 0 amide bonds. The largest absolute Gasteiger partial charge is 0.289 e. The molecule has 1 aromatic heterocycles. The number of carbonyl (C=O) groups is 1. The molecule has 4 heteroatoms. The number of ketones is 1. The highest BCUT2D eigenvalue weighted by Crippen LogP contribution is 2.06.